The van der Waals surface area contributed by atoms with Crippen LogP contribution >= 0.6 is 34.2 Å². The highest BCUT2D eigenvalue weighted by atomic mass is 127. The minimum absolute atomic E-state index is 0.0544. The fourth-order valence-corrected chi connectivity index (χ4v) is 2.86. The molecule has 0 unspecified atom stereocenters. The van der Waals surface area contributed by atoms with Gasteiger partial charge in [-0.1, -0.05) is 29.8 Å². The molecule has 98 valence electrons. The number of benzene rings is 2. The minimum atomic E-state index is -0.0544. The Kier molecular flexibility index (Phi) is 3.72. The summed E-state index contributed by atoms with van der Waals surface area (Å²) in [6, 6.07) is 14.7. The molecule has 0 aliphatic rings. The molecule has 0 N–H and O–H groups in total. The molecule has 0 saturated heterocycles. The molecule has 3 aromatic rings. The molecule has 1 aromatic heterocycles. The Balaban J connectivity index is 2.20. The first kappa shape index (κ1) is 13.5. The van der Waals surface area contributed by atoms with Crippen molar-refractivity contribution in [1.29, 1.82) is 0 Å². The molecule has 4 heteroatoms. The smallest absolute Gasteiger partial charge is 0.196 e. The van der Waals surface area contributed by atoms with Crippen LogP contribution in [0.15, 0.2) is 54.7 Å². The number of carbonyl (C=O) groups excluding carboxylic acids is 1. The van der Waals surface area contributed by atoms with E-state index in [4.69, 9.17) is 11.6 Å². The van der Waals surface area contributed by atoms with Crippen LogP contribution in [0.3, 0.4) is 0 Å². The van der Waals surface area contributed by atoms with Gasteiger partial charge in [0.05, 0.1) is 5.52 Å². The highest BCUT2D eigenvalue weighted by Crippen LogP contribution is 2.24. The molecule has 0 saturated carbocycles. The first-order valence-corrected chi connectivity index (χ1v) is 7.46. The zero-order valence-electron chi connectivity index (χ0n) is 10.3. The Morgan fingerprint density at radius 2 is 1.85 bits per heavy atom. The van der Waals surface area contributed by atoms with E-state index in [9.17, 15) is 4.79 Å². The summed E-state index contributed by atoms with van der Waals surface area (Å²) in [7, 11) is 0. The van der Waals surface area contributed by atoms with E-state index in [1.807, 2.05) is 30.3 Å². The summed E-state index contributed by atoms with van der Waals surface area (Å²) < 4.78 is 0.880. The van der Waals surface area contributed by atoms with Gasteiger partial charge >= 0.3 is 0 Å². The van der Waals surface area contributed by atoms with E-state index in [1.54, 1.807) is 24.4 Å². The van der Waals surface area contributed by atoms with Crippen LogP contribution in [0.25, 0.3) is 10.9 Å². The van der Waals surface area contributed by atoms with Gasteiger partial charge in [-0.3, -0.25) is 9.78 Å². The molecule has 0 aliphatic carbocycles. The number of fused-ring (bicyclic) bond motifs is 1. The minimum Gasteiger partial charge on any atom is -0.288 e. The van der Waals surface area contributed by atoms with Crippen molar-refractivity contribution < 1.29 is 4.79 Å². The Labute approximate surface area is 134 Å². The Morgan fingerprint density at radius 3 is 2.70 bits per heavy atom. The van der Waals surface area contributed by atoms with Crippen LogP contribution in [0.5, 0.6) is 0 Å². The molecule has 3 rings (SSSR count). The lowest BCUT2D eigenvalue weighted by molar-refractivity contribution is 0.103. The van der Waals surface area contributed by atoms with Crippen LogP contribution in [0.1, 0.15) is 15.9 Å². The van der Waals surface area contributed by atoms with E-state index >= 15 is 0 Å². The summed E-state index contributed by atoms with van der Waals surface area (Å²) in [5.74, 6) is -0.0544. The fraction of sp³-hybridized carbons (Fsp3) is 0. The van der Waals surface area contributed by atoms with Gasteiger partial charge in [-0.15, -0.1) is 0 Å². The average molecular weight is 394 g/mol. The van der Waals surface area contributed by atoms with Gasteiger partial charge in [0.1, 0.15) is 0 Å². The number of aromatic nitrogens is 1. The topological polar surface area (TPSA) is 30.0 Å². The maximum absolute atomic E-state index is 12.7. The van der Waals surface area contributed by atoms with Crippen molar-refractivity contribution >= 4 is 50.9 Å². The Hall–Kier alpha value is -1.46. The van der Waals surface area contributed by atoms with Crippen LogP contribution in [-0.4, -0.2) is 10.8 Å². The second kappa shape index (κ2) is 5.50. The molecule has 20 heavy (non-hydrogen) atoms. The van der Waals surface area contributed by atoms with E-state index in [1.165, 1.54) is 0 Å². The predicted molar refractivity (Wildman–Crippen MR) is 89.3 cm³/mol. The summed E-state index contributed by atoms with van der Waals surface area (Å²) >= 11 is 8.14. The molecule has 0 spiro atoms. The molecular weight excluding hydrogens is 385 g/mol. The standard InChI is InChI=1S/C16H9ClINO/c17-11-6-7-14(18)13(9-11)16(20)12-5-1-3-10-4-2-8-19-15(10)12/h1-9H. The summed E-state index contributed by atoms with van der Waals surface area (Å²) in [5, 5.41) is 1.51. The van der Waals surface area contributed by atoms with Gasteiger partial charge in [0.2, 0.25) is 0 Å². The van der Waals surface area contributed by atoms with Gasteiger partial charge in [0.15, 0.2) is 5.78 Å². The Morgan fingerprint density at radius 1 is 1.05 bits per heavy atom. The maximum Gasteiger partial charge on any atom is 0.196 e. The van der Waals surface area contributed by atoms with Crippen LogP contribution in [0, 0.1) is 3.57 Å². The highest BCUT2D eigenvalue weighted by Gasteiger charge is 2.16. The zero-order chi connectivity index (χ0) is 14.1. The second-order valence-electron chi connectivity index (χ2n) is 4.33. The Bertz CT molecular complexity index is 811. The molecule has 2 aromatic carbocycles. The molecule has 0 amide bonds. The number of para-hydroxylation sites is 1. The number of ketones is 1. The summed E-state index contributed by atoms with van der Waals surface area (Å²) in [4.78, 5) is 17.1. The summed E-state index contributed by atoms with van der Waals surface area (Å²) in [5.41, 5.74) is 1.93. The van der Waals surface area contributed by atoms with Gasteiger partial charge < -0.3 is 0 Å². The monoisotopic (exact) mass is 393 g/mol. The largest absolute Gasteiger partial charge is 0.288 e. The number of nitrogens with zero attached hydrogens (tertiary/aromatic N) is 1. The summed E-state index contributed by atoms with van der Waals surface area (Å²) in [6.45, 7) is 0. The van der Waals surface area contributed by atoms with Gasteiger partial charge in [-0.2, -0.15) is 0 Å². The van der Waals surface area contributed by atoms with Gasteiger partial charge in [0.25, 0.3) is 0 Å². The maximum atomic E-state index is 12.7. The van der Waals surface area contributed by atoms with Crippen molar-refractivity contribution in [3.05, 3.63) is 74.4 Å². The third kappa shape index (κ3) is 2.43. The van der Waals surface area contributed by atoms with E-state index < -0.39 is 0 Å². The third-order valence-electron chi connectivity index (χ3n) is 3.05. The van der Waals surface area contributed by atoms with Crippen LogP contribution < -0.4 is 0 Å². The van der Waals surface area contributed by atoms with E-state index in [0.717, 1.165) is 14.5 Å². The van der Waals surface area contributed by atoms with E-state index in [0.29, 0.717) is 16.1 Å². The molecule has 1 heterocycles. The molecule has 0 aliphatic heterocycles. The third-order valence-corrected chi connectivity index (χ3v) is 4.23. The van der Waals surface area contributed by atoms with Crippen molar-refractivity contribution in [2.75, 3.05) is 0 Å². The molecule has 0 radical (unpaired) electrons. The molecule has 0 bridgehead atoms. The van der Waals surface area contributed by atoms with Gasteiger partial charge in [-0.05, 0) is 52.9 Å². The summed E-state index contributed by atoms with van der Waals surface area (Å²) in [6.07, 6.45) is 1.70. The zero-order valence-corrected chi connectivity index (χ0v) is 13.2. The average Bonchev–Trinajstić information content (AvgIpc) is 2.48. The number of pyridine rings is 1. The molecule has 0 fully saturated rings. The lowest BCUT2D eigenvalue weighted by Crippen LogP contribution is -2.05. The van der Waals surface area contributed by atoms with E-state index in [2.05, 4.69) is 27.6 Å². The van der Waals surface area contributed by atoms with Crippen molar-refractivity contribution in [1.82, 2.24) is 4.98 Å². The lowest BCUT2D eigenvalue weighted by Gasteiger charge is -2.07. The predicted octanol–water partition coefficient (Wildman–Crippen LogP) is 4.72. The molecular formula is C16H9ClINO. The number of rotatable bonds is 2. The van der Waals surface area contributed by atoms with Crippen molar-refractivity contribution in [3.63, 3.8) is 0 Å². The number of hydrogen-bond acceptors (Lipinski definition) is 2. The molecule has 0 atom stereocenters. The lowest BCUT2D eigenvalue weighted by atomic mass is 10.0. The van der Waals surface area contributed by atoms with Crippen molar-refractivity contribution in [2.24, 2.45) is 0 Å². The number of carbonyl (C=O) groups is 1. The van der Waals surface area contributed by atoms with Crippen molar-refractivity contribution in [2.45, 2.75) is 0 Å². The van der Waals surface area contributed by atoms with Crippen molar-refractivity contribution in [3.8, 4) is 0 Å². The van der Waals surface area contributed by atoms with Crippen LogP contribution in [0.2, 0.25) is 5.02 Å². The first-order valence-electron chi connectivity index (χ1n) is 6.00. The van der Waals surface area contributed by atoms with Crippen LogP contribution in [0.4, 0.5) is 0 Å². The van der Waals surface area contributed by atoms with E-state index in [-0.39, 0.29) is 5.78 Å². The van der Waals surface area contributed by atoms with Gasteiger partial charge in [-0.25, -0.2) is 0 Å². The van der Waals surface area contributed by atoms with Crippen LogP contribution in [-0.2, 0) is 0 Å². The number of halogens is 2. The fourth-order valence-electron chi connectivity index (χ4n) is 2.10. The normalized spacial score (nSPS) is 10.7. The second-order valence-corrected chi connectivity index (χ2v) is 5.93. The first-order chi connectivity index (χ1) is 9.66. The SMILES string of the molecule is O=C(c1cc(Cl)ccc1I)c1cccc2cccnc12. The quantitative estimate of drug-likeness (QED) is 0.466. The number of hydrogen-bond donors (Lipinski definition) is 0. The highest BCUT2D eigenvalue weighted by molar-refractivity contribution is 14.1. The molecule has 2 nitrogen and oxygen atoms in total. The van der Waals surface area contributed by atoms with Gasteiger partial charge in [0, 0.05) is 31.3 Å².